The zero-order valence-electron chi connectivity index (χ0n) is 10.6. The molecule has 5 heteroatoms. The van der Waals surface area contributed by atoms with Crippen LogP contribution in [0.3, 0.4) is 0 Å². The Morgan fingerprint density at radius 3 is 2.83 bits per heavy atom. The summed E-state index contributed by atoms with van der Waals surface area (Å²) in [5.41, 5.74) is 0.985. The molecule has 2 heterocycles. The van der Waals surface area contributed by atoms with Crippen molar-refractivity contribution in [3.8, 4) is 0 Å². The van der Waals surface area contributed by atoms with Crippen LogP contribution >= 0.6 is 12.4 Å². The smallest absolute Gasteiger partial charge is 0.227 e. The quantitative estimate of drug-likeness (QED) is 0.899. The first-order chi connectivity index (χ1) is 8.27. The Hall–Kier alpha value is -1.13. The monoisotopic (exact) mass is 269 g/mol. The van der Waals surface area contributed by atoms with Crippen molar-refractivity contribution in [1.82, 2.24) is 15.2 Å². The molecule has 0 radical (unpaired) electrons. The van der Waals surface area contributed by atoms with Gasteiger partial charge in [-0.05, 0) is 37.6 Å². The minimum absolute atomic E-state index is 0. The van der Waals surface area contributed by atoms with E-state index in [0.717, 1.165) is 31.5 Å². The van der Waals surface area contributed by atoms with Crippen LogP contribution in [0, 0.1) is 0 Å². The standard InChI is InChI=1S/C13H19N3O.ClH/c1-16(12-4-7-14-8-5-12)13(17)9-11-3-2-6-15-10-11;/h2-3,6,10,12,14H,4-5,7-9H2,1H3;1H. The van der Waals surface area contributed by atoms with Gasteiger partial charge in [-0.2, -0.15) is 0 Å². The number of nitrogens with zero attached hydrogens (tertiary/aromatic N) is 2. The molecule has 2 rings (SSSR count). The van der Waals surface area contributed by atoms with Crippen molar-refractivity contribution < 1.29 is 4.79 Å². The van der Waals surface area contributed by atoms with Crippen LogP contribution in [0.25, 0.3) is 0 Å². The number of halogens is 1. The topological polar surface area (TPSA) is 45.2 Å². The van der Waals surface area contributed by atoms with E-state index in [4.69, 9.17) is 0 Å². The predicted octanol–water partition coefficient (Wildman–Crippen LogP) is 1.26. The van der Waals surface area contributed by atoms with Gasteiger partial charge >= 0.3 is 0 Å². The molecule has 1 fully saturated rings. The molecule has 0 atom stereocenters. The molecule has 0 spiro atoms. The third-order valence-electron chi connectivity index (χ3n) is 3.33. The van der Waals surface area contributed by atoms with E-state index >= 15 is 0 Å². The summed E-state index contributed by atoms with van der Waals surface area (Å²) < 4.78 is 0. The first-order valence-corrected chi connectivity index (χ1v) is 6.12. The van der Waals surface area contributed by atoms with E-state index in [2.05, 4.69) is 10.3 Å². The van der Waals surface area contributed by atoms with Crippen LogP contribution in [0.15, 0.2) is 24.5 Å². The van der Waals surface area contributed by atoms with Gasteiger partial charge in [0.25, 0.3) is 0 Å². The summed E-state index contributed by atoms with van der Waals surface area (Å²) in [7, 11) is 1.91. The highest BCUT2D eigenvalue weighted by Gasteiger charge is 2.21. The lowest BCUT2D eigenvalue weighted by atomic mass is 10.0. The maximum Gasteiger partial charge on any atom is 0.227 e. The zero-order chi connectivity index (χ0) is 12.1. The Labute approximate surface area is 114 Å². The van der Waals surface area contributed by atoms with Crippen molar-refractivity contribution in [1.29, 1.82) is 0 Å². The van der Waals surface area contributed by atoms with Gasteiger partial charge in [-0.1, -0.05) is 6.07 Å². The third kappa shape index (κ3) is 3.96. The Kier molecular flexibility index (Phi) is 6.09. The maximum atomic E-state index is 12.1. The molecule has 0 saturated carbocycles. The highest BCUT2D eigenvalue weighted by Crippen LogP contribution is 2.11. The molecule has 0 bridgehead atoms. The second-order valence-electron chi connectivity index (χ2n) is 4.52. The number of hydrogen-bond acceptors (Lipinski definition) is 3. The molecule has 1 aliphatic rings. The van der Waals surface area contributed by atoms with Crippen molar-refractivity contribution in [3.63, 3.8) is 0 Å². The molecule has 1 aliphatic heterocycles. The SMILES string of the molecule is CN(C(=O)Cc1cccnc1)C1CCNCC1.Cl. The number of amides is 1. The average Bonchev–Trinajstić information content (AvgIpc) is 2.40. The highest BCUT2D eigenvalue weighted by molar-refractivity contribution is 5.85. The van der Waals surface area contributed by atoms with Gasteiger partial charge in [0.2, 0.25) is 5.91 Å². The van der Waals surface area contributed by atoms with E-state index in [-0.39, 0.29) is 18.3 Å². The second-order valence-corrected chi connectivity index (χ2v) is 4.52. The van der Waals surface area contributed by atoms with E-state index < -0.39 is 0 Å². The molecular formula is C13H20ClN3O. The van der Waals surface area contributed by atoms with E-state index in [1.165, 1.54) is 0 Å². The summed E-state index contributed by atoms with van der Waals surface area (Å²) in [6.07, 6.45) is 6.04. The second kappa shape index (κ2) is 7.34. The van der Waals surface area contributed by atoms with E-state index in [0.29, 0.717) is 12.5 Å². The molecule has 1 amide bonds. The zero-order valence-corrected chi connectivity index (χ0v) is 11.4. The molecule has 1 saturated heterocycles. The van der Waals surface area contributed by atoms with Crippen molar-refractivity contribution in [2.24, 2.45) is 0 Å². The normalized spacial score (nSPS) is 15.8. The highest BCUT2D eigenvalue weighted by atomic mass is 35.5. The van der Waals surface area contributed by atoms with Crippen molar-refractivity contribution >= 4 is 18.3 Å². The van der Waals surface area contributed by atoms with Crippen LogP contribution in [0.5, 0.6) is 0 Å². The number of pyridine rings is 1. The summed E-state index contributed by atoms with van der Waals surface area (Å²) in [6.45, 7) is 2.02. The molecule has 100 valence electrons. The summed E-state index contributed by atoms with van der Waals surface area (Å²) in [6, 6.07) is 4.20. The van der Waals surface area contributed by atoms with Crippen LogP contribution in [0.1, 0.15) is 18.4 Å². The van der Waals surface area contributed by atoms with Crippen LogP contribution in [0.4, 0.5) is 0 Å². The molecule has 0 aliphatic carbocycles. The van der Waals surface area contributed by atoms with Crippen LogP contribution in [-0.2, 0) is 11.2 Å². The largest absolute Gasteiger partial charge is 0.342 e. The van der Waals surface area contributed by atoms with E-state index in [1.54, 1.807) is 12.4 Å². The Balaban J connectivity index is 0.00000162. The fraction of sp³-hybridized carbons (Fsp3) is 0.538. The minimum Gasteiger partial charge on any atom is -0.342 e. The summed E-state index contributed by atoms with van der Waals surface area (Å²) >= 11 is 0. The molecule has 0 unspecified atom stereocenters. The third-order valence-corrected chi connectivity index (χ3v) is 3.33. The lowest BCUT2D eigenvalue weighted by Crippen LogP contribution is -2.44. The van der Waals surface area contributed by atoms with Gasteiger partial charge in [-0.3, -0.25) is 9.78 Å². The van der Waals surface area contributed by atoms with Gasteiger partial charge in [0, 0.05) is 25.5 Å². The summed E-state index contributed by atoms with van der Waals surface area (Å²) in [4.78, 5) is 18.0. The Morgan fingerprint density at radius 2 is 2.22 bits per heavy atom. The average molecular weight is 270 g/mol. The fourth-order valence-corrected chi connectivity index (χ4v) is 2.20. The first kappa shape index (κ1) is 14.9. The number of hydrogen-bond donors (Lipinski definition) is 1. The number of carbonyl (C=O) groups is 1. The molecule has 1 aromatic heterocycles. The molecule has 4 nitrogen and oxygen atoms in total. The predicted molar refractivity (Wildman–Crippen MR) is 73.9 cm³/mol. The Morgan fingerprint density at radius 1 is 1.50 bits per heavy atom. The van der Waals surface area contributed by atoms with Crippen molar-refractivity contribution in [2.45, 2.75) is 25.3 Å². The Bertz CT molecular complexity index is 366. The summed E-state index contributed by atoms with van der Waals surface area (Å²) in [5.74, 6) is 0.185. The van der Waals surface area contributed by atoms with Gasteiger partial charge < -0.3 is 10.2 Å². The summed E-state index contributed by atoms with van der Waals surface area (Å²) in [5, 5.41) is 3.31. The first-order valence-electron chi connectivity index (χ1n) is 6.12. The lowest BCUT2D eigenvalue weighted by Gasteiger charge is -2.31. The number of nitrogens with one attached hydrogen (secondary N) is 1. The molecule has 18 heavy (non-hydrogen) atoms. The van der Waals surface area contributed by atoms with E-state index in [9.17, 15) is 4.79 Å². The van der Waals surface area contributed by atoms with Crippen molar-refractivity contribution in [2.75, 3.05) is 20.1 Å². The number of carbonyl (C=O) groups excluding carboxylic acids is 1. The lowest BCUT2D eigenvalue weighted by molar-refractivity contribution is -0.131. The molecular weight excluding hydrogens is 250 g/mol. The van der Waals surface area contributed by atoms with Gasteiger partial charge in [0.05, 0.1) is 6.42 Å². The number of likely N-dealkylation sites (N-methyl/N-ethyl adjacent to an activating group) is 1. The van der Waals surface area contributed by atoms with Gasteiger partial charge in [0.1, 0.15) is 0 Å². The van der Waals surface area contributed by atoms with Crippen LogP contribution < -0.4 is 5.32 Å². The van der Waals surface area contributed by atoms with Crippen molar-refractivity contribution in [3.05, 3.63) is 30.1 Å². The van der Waals surface area contributed by atoms with Gasteiger partial charge in [-0.25, -0.2) is 0 Å². The number of aromatic nitrogens is 1. The maximum absolute atomic E-state index is 12.1. The van der Waals surface area contributed by atoms with Gasteiger partial charge in [-0.15, -0.1) is 12.4 Å². The minimum atomic E-state index is 0. The fourth-order valence-electron chi connectivity index (χ4n) is 2.20. The molecule has 0 aromatic carbocycles. The number of piperidine rings is 1. The van der Waals surface area contributed by atoms with Crippen LogP contribution in [-0.4, -0.2) is 42.0 Å². The molecule has 1 aromatic rings. The van der Waals surface area contributed by atoms with Crippen LogP contribution in [0.2, 0.25) is 0 Å². The molecule has 1 N–H and O–H groups in total. The van der Waals surface area contributed by atoms with Gasteiger partial charge in [0.15, 0.2) is 0 Å². The number of rotatable bonds is 3. The van der Waals surface area contributed by atoms with E-state index in [1.807, 2.05) is 24.1 Å².